The van der Waals surface area contributed by atoms with Gasteiger partial charge in [-0.15, -0.1) is 0 Å². The van der Waals surface area contributed by atoms with E-state index >= 15 is 0 Å². The van der Waals surface area contributed by atoms with Gasteiger partial charge < -0.3 is 10.2 Å². The molecule has 0 spiro atoms. The summed E-state index contributed by atoms with van der Waals surface area (Å²) in [6.45, 7) is 4.15. The maximum absolute atomic E-state index is 12.8. The molecule has 2 aromatic carbocycles. The van der Waals surface area contributed by atoms with E-state index in [1.807, 2.05) is 36.4 Å². The number of sulfonamides is 1. The lowest BCUT2D eigenvalue weighted by atomic mass is 10.1. The van der Waals surface area contributed by atoms with Gasteiger partial charge in [0.2, 0.25) is 15.9 Å². The van der Waals surface area contributed by atoms with Gasteiger partial charge in [-0.05, 0) is 36.9 Å². The molecule has 170 valence electrons. The second kappa shape index (κ2) is 10.7. The third kappa shape index (κ3) is 6.14. The molecule has 1 amide bonds. The molecule has 1 unspecified atom stereocenters. The third-order valence-electron chi connectivity index (χ3n) is 5.63. The van der Waals surface area contributed by atoms with E-state index in [1.165, 1.54) is 31.3 Å². The van der Waals surface area contributed by atoms with Crippen molar-refractivity contribution in [1.82, 2.24) is 19.4 Å². The Hall–Kier alpha value is -2.77. The summed E-state index contributed by atoms with van der Waals surface area (Å²) < 4.78 is 26.7. The van der Waals surface area contributed by atoms with Crippen LogP contribution in [0.3, 0.4) is 0 Å². The topological polar surface area (TPSA) is 96.8 Å². The fourth-order valence-corrected chi connectivity index (χ4v) is 4.74. The fraction of sp³-hybridized carbons (Fsp3) is 0.391. The van der Waals surface area contributed by atoms with Crippen molar-refractivity contribution in [3.8, 4) is 6.07 Å². The van der Waals surface area contributed by atoms with Crippen LogP contribution in [0.4, 0.5) is 0 Å². The van der Waals surface area contributed by atoms with Crippen molar-refractivity contribution < 1.29 is 13.2 Å². The Balaban J connectivity index is 1.67. The molecule has 1 heterocycles. The number of hydrogen-bond donors (Lipinski definition) is 1. The molecular weight excluding hydrogens is 426 g/mol. The van der Waals surface area contributed by atoms with Crippen LogP contribution in [0.25, 0.3) is 0 Å². The number of amides is 1. The molecule has 2 aromatic rings. The molecule has 0 aliphatic carbocycles. The maximum atomic E-state index is 12.8. The number of carbonyl (C=O) groups excluding carboxylic acids is 1. The predicted molar refractivity (Wildman–Crippen MR) is 122 cm³/mol. The second-order valence-corrected chi connectivity index (χ2v) is 10.1. The molecule has 0 bridgehead atoms. The van der Waals surface area contributed by atoms with Gasteiger partial charge in [-0.3, -0.25) is 9.69 Å². The largest absolute Gasteiger partial charge is 0.347 e. The zero-order chi connectivity index (χ0) is 23.1. The Bertz CT molecular complexity index is 1040. The van der Waals surface area contributed by atoms with Crippen LogP contribution in [-0.4, -0.2) is 81.8 Å². The zero-order valence-electron chi connectivity index (χ0n) is 18.4. The minimum Gasteiger partial charge on any atom is -0.347 e. The van der Waals surface area contributed by atoms with Gasteiger partial charge in [0.25, 0.3) is 0 Å². The van der Waals surface area contributed by atoms with Crippen molar-refractivity contribution in [3.05, 3.63) is 65.7 Å². The molecule has 9 heteroatoms. The molecule has 1 aliphatic rings. The first-order valence-corrected chi connectivity index (χ1v) is 12.0. The van der Waals surface area contributed by atoms with E-state index in [-0.39, 0.29) is 23.4 Å². The lowest BCUT2D eigenvalue weighted by molar-refractivity contribution is -0.122. The van der Waals surface area contributed by atoms with E-state index in [1.54, 1.807) is 0 Å². The molecule has 1 atom stereocenters. The first-order chi connectivity index (χ1) is 15.3. The second-order valence-electron chi connectivity index (χ2n) is 8.03. The van der Waals surface area contributed by atoms with E-state index in [4.69, 9.17) is 5.26 Å². The molecule has 1 N–H and O–H groups in total. The van der Waals surface area contributed by atoms with Crippen molar-refractivity contribution in [2.75, 3.05) is 53.4 Å². The fourth-order valence-electron chi connectivity index (χ4n) is 3.62. The van der Waals surface area contributed by atoms with Gasteiger partial charge >= 0.3 is 0 Å². The van der Waals surface area contributed by atoms with Crippen LogP contribution in [0.2, 0.25) is 0 Å². The summed E-state index contributed by atoms with van der Waals surface area (Å²) in [5.74, 6) is -0.368. The van der Waals surface area contributed by atoms with Crippen LogP contribution in [0.1, 0.15) is 17.2 Å². The van der Waals surface area contributed by atoms with Crippen molar-refractivity contribution in [3.63, 3.8) is 0 Å². The number of rotatable bonds is 8. The molecule has 1 aliphatic heterocycles. The lowest BCUT2D eigenvalue weighted by Gasteiger charge is -2.35. The number of nitriles is 1. The minimum absolute atomic E-state index is 0.0452. The van der Waals surface area contributed by atoms with E-state index < -0.39 is 10.0 Å². The third-order valence-corrected chi connectivity index (χ3v) is 7.45. The quantitative estimate of drug-likeness (QED) is 0.644. The number of benzene rings is 2. The van der Waals surface area contributed by atoms with Crippen LogP contribution in [0, 0.1) is 11.3 Å². The maximum Gasteiger partial charge on any atom is 0.243 e. The van der Waals surface area contributed by atoms with Crippen molar-refractivity contribution in [2.24, 2.45) is 0 Å². The van der Waals surface area contributed by atoms with Gasteiger partial charge in [-0.2, -0.15) is 9.57 Å². The number of hydrogen-bond acceptors (Lipinski definition) is 6. The minimum atomic E-state index is -3.85. The lowest BCUT2D eigenvalue weighted by Crippen LogP contribution is -2.48. The smallest absolute Gasteiger partial charge is 0.243 e. The van der Waals surface area contributed by atoms with Crippen LogP contribution in [0.5, 0.6) is 0 Å². The van der Waals surface area contributed by atoms with Crippen molar-refractivity contribution >= 4 is 15.9 Å². The molecule has 1 fully saturated rings. The van der Waals surface area contributed by atoms with Gasteiger partial charge in [-0.25, -0.2) is 8.42 Å². The summed E-state index contributed by atoms with van der Waals surface area (Å²) in [6, 6.07) is 17.1. The highest BCUT2D eigenvalue weighted by Gasteiger charge is 2.25. The summed E-state index contributed by atoms with van der Waals surface area (Å²) in [4.78, 5) is 17.5. The molecule has 1 saturated heterocycles. The molecule has 0 aromatic heterocycles. The number of carbonyl (C=O) groups is 1. The van der Waals surface area contributed by atoms with Crippen molar-refractivity contribution in [1.29, 1.82) is 5.26 Å². The Morgan fingerprint density at radius 1 is 1.09 bits per heavy atom. The highest BCUT2D eigenvalue weighted by Crippen LogP contribution is 2.17. The summed E-state index contributed by atoms with van der Waals surface area (Å²) in [7, 11) is -0.370. The SMILES string of the molecule is CN1CCN(CC(NC(=O)CN(C)S(=O)(=O)c2ccc(C#N)cc2)c2ccccc2)CC1. The number of likely N-dealkylation sites (N-methyl/N-ethyl adjacent to an activating group) is 2. The van der Waals surface area contributed by atoms with Crippen LogP contribution in [0.15, 0.2) is 59.5 Å². The number of nitrogens with zero attached hydrogens (tertiary/aromatic N) is 4. The summed E-state index contributed by atoms with van der Waals surface area (Å²) in [5, 5.41) is 11.9. The van der Waals surface area contributed by atoms with Gasteiger partial charge in [0.05, 0.1) is 29.1 Å². The Morgan fingerprint density at radius 2 is 1.72 bits per heavy atom. The summed E-state index contributed by atoms with van der Waals surface area (Å²) in [6.07, 6.45) is 0. The highest BCUT2D eigenvalue weighted by molar-refractivity contribution is 7.89. The molecule has 8 nitrogen and oxygen atoms in total. The van der Waals surface area contributed by atoms with Gasteiger partial charge in [0, 0.05) is 39.8 Å². The Labute approximate surface area is 190 Å². The molecular formula is C23H29N5O3S. The van der Waals surface area contributed by atoms with E-state index in [0.29, 0.717) is 12.1 Å². The molecule has 0 radical (unpaired) electrons. The Kier molecular flexibility index (Phi) is 7.99. The number of nitrogens with one attached hydrogen (secondary N) is 1. The summed E-state index contributed by atoms with van der Waals surface area (Å²) >= 11 is 0. The zero-order valence-corrected chi connectivity index (χ0v) is 19.3. The van der Waals surface area contributed by atoms with Crippen molar-refractivity contribution in [2.45, 2.75) is 10.9 Å². The van der Waals surface area contributed by atoms with Gasteiger partial charge in [-0.1, -0.05) is 30.3 Å². The van der Waals surface area contributed by atoms with Crippen LogP contribution in [-0.2, 0) is 14.8 Å². The normalized spacial score (nSPS) is 16.4. The average molecular weight is 456 g/mol. The van der Waals surface area contributed by atoms with Gasteiger partial charge in [0.15, 0.2) is 0 Å². The average Bonchev–Trinajstić information content (AvgIpc) is 2.80. The van der Waals surface area contributed by atoms with Crippen LogP contribution < -0.4 is 5.32 Å². The first-order valence-electron chi connectivity index (χ1n) is 10.5. The van der Waals surface area contributed by atoms with Gasteiger partial charge in [0.1, 0.15) is 0 Å². The standard InChI is InChI=1S/C23H29N5O3S/c1-26-12-14-28(15-13-26)17-22(20-6-4-3-5-7-20)25-23(29)18-27(2)32(30,31)21-10-8-19(16-24)9-11-21/h3-11,22H,12-15,17-18H2,1-2H3,(H,25,29). The number of piperazine rings is 1. The van der Waals surface area contributed by atoms with E-state index in [0.717, 1.165) is 36.0 Å². The molecule has 3 rings (SSSR count). The highest BCUT2D eigenvalue weighted by atomic mass is 32.2. The monoisotopic (exact) mass is 455 g/mol. The molecule has 32 heavy (non-hydrogen) atoms. The summed E-state index contributed by atoms with van der Waals surface area (Å²) in [5.41, 5.74) is 1.36. The van der Waals surface area contributed by atoms with E-state index in [2.05, 4.69) is 22.2 Å². The van der Waals surface area contributed by atoms with Crippen LogP contribution >= 0.6 is 0 Å². The molecule has 0 saturated carbocycles. The van der Waals surface area contributed by atoms with E-state index in [9.17, 15) is 13.2 Å². The first kappa shape index (κ1) is 23.9. The predicted octanol–water partition coefficient (Wildman–Crippen LogP) is 1.28. The Morgan fingerprint density at radius 3 is 2.31 bits per heavy atom.